The third kappa shape index (κ3) is 4.04. The molecule has 0 atom stereocenters. The minimum atomic E-state index is 0.00940. The fourth-order valence-electron chi connectivity index (χ4n) is 1.72. The molecule has 0 aliphatic heterocycles. The minimum Gasteiger partial charge on any atom is -0.493 e. The van der Waals surface area contributed by atoms with E-state index >= 15 is 0 Å². The van der Waals surface area contributed by atoms with Crippen LogP contribution in [-0.2, 0) is 0 Å². The van der Waals surface area contributed by atoms with E-state index in [1.807, 2.05) is 45.3 Å². The maximum Gasteiger partial charge on any atom is 0.257 e. The molecule has 1 N–H and O–H groups in total. The second-order valence-electron chi connectivity index (χ2n) is 4.11. The van der Waals surface area contributed by atoms with Gasteiger partial charge in [-0.25, -0.2) is 0 Å². The summed E-state index contributed by atoms with van der Waals surface area (Å²) in [5.74, 6) is 0.667. The van der Waals surface area contributed by atoms with E-state index in [2.05, 4.69) is 5.32 Å². The van der Waals surface area contributed by atoms with Crippen molar-refractivity contribution >= 4 is 5.91 Å². The molecule has 0 saturated heterocycles. The molecule has 0 aliphatic carbocycles. The van der Waals surface area contributed by atoms with Crippen molar-refractivity contribution in [1.29, 1.82) is 0 Å². The zero-order chi connectivity index (χ0) is 13.4. The van der Waals surface area contributed by atoms with Crippen molar-refractivity contribution < 1.29 is 9.53 Å². The number of amides is 1. The number of nitrogens with zero attached hydrogens (tertiary/aromatic N) is 1. The normalized spacial score (nSPS) is 10.2. The molecule has 1 aromatic carbocycles. The van der Waals surface area contributed by atoms with E-state index < -0.39 is 0 Å². The first-order valence-electron chi connectivity index (χ1n) is 6.32. The van der Waals surface area contributed by atoms with Crippen molar-refractivity contribution in [2.24, 2.45) is 0 Å². The Morgan fingerprint density at radius 1 is 1.39 bits per heavy atom. The van der Waals surface area contributed by atoms with Crippen molar-refractivity contribution in [3.63, 3.8) is 0 Å². The van der Waals surface area contributed by atoms with Crippen LogP contribution in [0.4, 0.5) is 0 Å². The second-order valence-corrected chi connectivity index (χ2v) is 4.11. The minimum absolute atomic E-state index is 0.00940. The Kier molecular flexibility index (Phi) is 6.22. The van der Waals surface area contributed by atoms with E-state index in [1.165, 1.54) is 0 Å². The highest BCUT2D eigenvalue weighted by atomic mass is 16.5. The van der Waals surface area contributed by atoms with Crippen molar-refractivity contribution in [3.05, 3.63) is 29.8 Å². The van der Waals surface area contributed by atoms with E-state index in [-0.39, 0.29) is 5.91 Å². The number of benzene rings is 1. The molecule has 0 radical (unpaired) electrons. The quantitative estimate of drug-likeness (QED) is 0.750. The molecule has 4 heteroatoms. The molecule has 0 bridgehead atoms. The van der Waals surface area contributed by atoms with Gasteiger partial charge >= 0.3 is 0 Å². The number of carbonyl (C=O) groups is 1. The Morgan fingerprint density at radius 2 is 2.11 bits per heavy atom. The Bertz CT molecular complexity index is 380. The fourth-order valence-corrected chi connectivity index (χ4v) is 1.72. The number of rotatable bonds is 7. The summed E-state index contributed by atoms with van der Waals surface area (Å²) >= 11 is 0. The van der Waals surface area contributed by atoms with Gasteiger partial charge in [0.15, 0.2) is 0 Å². The number of hydrogen-bond acceptors (Lipinski definition) is 3. The molecule has 0 unspecified atom stereocenters. The zero-order valence-electron chi connectivity index (χ0n) is 11.4. The molecule has 0 aromatic heterocycles. The van der Waals surface area contributed by atoms with E-state index in [0.717, 1.165) is 19.5 Å². The summed E-state index contributed by atoms with van der Waals surface area (Å²) in [5.41, 5.74) is 0.631. The highest BCUT2D eigenvalue weighted by molar-refractivity contribution is 5.96. The number of para-hydroxylation sites is 1. The van der Waals surface area contributed by atoms with Crippen molar-refractivity contribution in [3.8, 4) is 5.75 Å². The van der Waals surface area contributed by atoms with Crippen LogP contribution in [-0.4, -0.2) is 44.6 Å². The molecule has 1 aromatic rings. The lowest BCUT2D eigenvalue weighted by Gasteiger charge is -2.18. The average molecular weight is 250 g/mol. The first-order valence-corrected chi connectivity index (χ1v) is 6.32. The molecule has 0 aliphatic rings. The van der Waals surface area contributed by atoms with Gasteiger partial charge in [-0.2, -0.15) is 0 Å². The monoisotopic (exact) mass is 250 g/mol. The van der Waals surface area contributed by atoms with Gasteiger partial charge in [-0.15, -0.1) is 0 Å². The molecule has 0 fully saturated rings. The van der Waals surface area contributed by atoms with Gasteiger partial charge in [-0.1, -0.05) is 12.1 Å². The van der Waals surface area contributed by atoms with Gasteiger partial charge < -0.3 is 15.0 Å². The van der Waals surface area contributed by atoms with E-state index in [1.54, 1.807) is 4.90 Å². The summed E-state index contributed by atoms with van der Waals surface area (Å²) in [6, 6.07) is 7.38. The van der Waals surface area contributed by atoms with Crippen molar-refractivity contribution in [2.75, 3.05) is 33.8 Å². The summed E-state index contributed by atoms with van der Waals surface area (Å²) in [4.78, 5) is 14.0. The Balaban J connectivity index is 2.70. The number of nitrogens with one attached hydrogen (secondary N) is 1. The second kappa shape index (κ2) is 7.71. The highest BCUT2D eigenvalue weighted by Crippen LogP contribution is 2.19. The van der Waals surface area contributed by atoms with Crippen LogP contribution in [0.1, 0.15) is 23.7 Å². The molecular formula is C14H22N2O2. The highest BCUT2D eigenvalue weighted by Gasteiger charge is 2.15. The van der Waals surface area contributed by atoms with Crippen LogP contribution in [0.25, 0.3) is 0 Å². The van der Waals surface area contributed by atoms with Crippen LogP contribution < -0.4 is 10.1 Å². The van der Waals surface area contributed by atoms with Crippen LogP contribution in [0.2, 0.25) is 0 Å². The van der Waals surface area contributed by atoms with Crippen molar-refractivity contribution in [1.82, 2.24) is 10.2 Å². The van der Waals surface area contributed by atoms with E-state index in [9.17, 15) is 4.79 Å². The van der Waals surface area contributed by atoms with Crippen LogP contribution in [0.15, 0.2) is 24.3 Å². The van der Waals surface area contributed by atoms with Crippen LogP contribution in [0.3, 0.4) is 0 Å². The van der Waals surface area contributed by atoms with Gasteiger partial charge in [0.25, 0.3) is 5.91 Å². The van der Waals surface area contributed by atoms with Crippen LogP contribution in [0.5, 0.6) is 5.75 Å². The van der Waals surface area contributed by atoms with Gasteiger partial charge in [-0.05, 0) is 39.1 Å². The topological polar surface area (TPSA) is 41.6 Å². The first-order chi connectivity index (χ1) is 8.70. The van der Waals surface area contributed by atoms with E-state index in [0.29, 0.717) is 17.9 Å². The lowest BCUT2D eigenvalue weighted by molar-refractivity contribution is 0.0789. The molecule has 4 nitrogen and oxygen atoms in total. The predicted octanol–water partition coefficient (Wildman–Crippen LogP) is 1.77. The number of ether oxygens (including phenoxy) is 1. The van der Waals surface area contributed by atoms with Crippen LogP contribution >= 0.6 is 0 Å². The van der Waals surface area contributed by atoms with Gasteiger partial charge in [0.1, 0.15) is 5.75 Å². The lowest BCUT2D eigenvalue weighted by Crippen LogP contribution is -2.29. The smallest absolute Gasteiger partial charge is 0.257 e. The number of hydrogen-bond donors (Lipinski definition) is 1. The Hall–Kier alpha value is -1.55. The third-order valence-electron chi connectivity index (χ3n) is 2.68. The lowest BCUT2D eigenvalue weighted by atomic mass is 10.1. The molecule has 1 rings (SSSR count). The standard InChI is InChI=1S/C14H22N2O2/c1-4-18-13-9-6-5-8-12(13)14(17)16(3)11-7-10-15-2/h5-6,8-9,15H,4,7,10-11H2,1-3H3. The first kappa shape index (κ1) is 14.5. The molecule has 0 spiro atoms. The molecule has 18 heavy (non-hydrogen) atoms. The number of carbonyl (C=O) groups excluding carboxylic acids is 1. The molecule has 100 valence electrons. The van der Waals surface area contributed by atoms with Gasteiger partial charge in [-0.3, -0.25) is 4.79 Å². The third-order valence-corrected chi connectivity index (χ3v) is 2.68. The maximum absolute atomic E-state index is 12.3. The summed E-state index contributed by atoms with van der Waals surface area (Å²) in [5, 5.41) is 3.07. The van der Waals surface area contributed by atoms with Crippen LogP contribution in [0, 0.1) is 0 Å². The molecule has 0 heterocycles. The fraction of sp³-hybridized carbons (Fsp3) is 0.500. The Labute approximate surface area is 109 Å². The van der Waals surface area contributed by atoms with Gasteiger partial charge in [0.05, 0.1) is 12.2 Å². The molecule has 0 saturated carbocycles. The van der Waals surface area contributed by atoms with Crippen molar-refractivity contribution in [2.45, 2.75) is 13.3 Å². The Morgan fingerprint density at radius 3 is 2.78 bits per heavy atom. The maximum atomic E-state index is 12.3. The summed E-state index contributed by atoms with van der Waals surface area (Å²) in [7, 11) is 3.73. The van der Waals surface area contributed by atoms with Gasteiger partial charge in [0.2, 0.25) is 0 Å². The van der Waals surface area contributed by atoms with Gasteiger partial charge in [0, 0.05) is 13.6 Å². The predicted molar refractivity (Wildman–Crippen MR) is 73.1 cm³/mol. The summed E-state index contributed by atoms with van der Waals surface area (Å²) < 4.78 is 5.47. The molecule has 1 amide bonds. The summed E-state index contributed by atoms with van der Waals surface area (Å²) in [6.45, 7) is 4.12. The SMILES string of the molecule is CCOc1ccccc1C(=O)N(C)CCCNC. The largest absolute Gasteiger partial charge is 0.493 e. The average Bonchev–Trinajstić information content (AvgIpc) is 2.39. The summed E-state index contributed by atoms with van der Waals surface area (Å²) in [6.07, 6.45) is 0.940. The zero-order valence-corrected chi connectivity index (χ0v) is 11.4. The molecular weight excluding hydrogens is 228 g/mol. The van der Waals surface area contributed by atoms with E-state index in [4.69, 9.17) is 4.74 Å².